The molecular formula is C48H32N4S. The Labute approximate surface area is 310 Å². The van der Waals surface area contributed by atoms with Crippen LogP contribution in [0, 0.1) is 0 Å². The first kappa shape index (κ1) is 30.2. The van der Waals surface area contributed by atoms with E-state index < -0.39 is 0 Å². The lowest BCUT2D eigenvalue weighted by Crippen LogP contribution is -2.15. The van der Waals surface area contributed by atoms with Crippen molar-refractivity contribution in [3.63, 3.8) is 0 Å². The monoisotopic (exact) mass is 696 g/mol. The highest BCUT2D eigenvalue weighted by Gasteiger charge is 2.40. The third-order valence-corrected chi connectivity index (χ3v) is 12.2. The largest absolute Gasteiger partial charge is 0.309 e. The molecule has 1 aliphatic carbocycles. The lowest BCUT2D eigenvalue weighted by molar-refractivity contribution is 0.667. The number of aromatic nitrogens is 4. The fourth-order valence-electron chi connectivity index (χ4n) is 8.64. The molecule has 0 aliphatic heterocycles. The van der Waals surface area contributed by atoms with E-state index in [0.29, 0.717) is 17.5 Å². The number of para-hydroxylation sites is 1. The summed E-state index contributed by atoms with van der Waals surface area (Å²) in [6, 6.07) is 55.9. The minimum atomic E-state index is -0.133. The maximum absolute atomic E-state index is 5.01. The summed E-state index contributed by atoms with van der Waals surface area (Å²) >= 11 is 1.93. The second kappa shape index (κ2) is 11.3. The average molecular weight is 697 g/mol. The number of hydrogen-bond donors (Lipinski definition) is 0. The van der Waals surface area contributed by atoms with Gasteiger partial charge in [-0.2, -0.15) is 0 Å². The van der Waals surface area contributed by atoms with Crippen molar-refractivity contribution >= 4 is 53.3 Å². The van der Waals surface area contributed by atoms with Gasteiger partial charge in [0.2, 0.25) is 0 Å². The zero-order chi connectivity index (χ0) is 35.3. The van der Waals surface area contributed by atoms with Gasteiger partial charge in [-0.15, -0.1) is 11.3 Å². The summed E-state index contributed by atoms with van der Waals surface area (Å²) in [5.74, 6) is 1.96. The summed E-state index contributed by atoms with van der Waals surface area (Å²) in [4.78, 5) is 14.9. The van der Waals surface area contributed by atoms with Crippen molar-refractivity contribution in [3.05, 3.63) is 169 Å². The van der Waals surface area contributed by atoms with E-state index in [1.165, 1.54) is 64.2 Å². The van der Waals surface area contributed by atoms with Gasteiger partial charge in [0.1, 0.15) is 0 Å². The summed E-state index contributed by atoms with van der Waals surface area (Å²) in [6.45, 7) is 4.80. The molecule has 250 valence electrons. The van der Waals surface area contributed by atoms with Gasteiger partial charge in [-0.05, 0) is 58.7 Å². The van der Waals surface area contributed by atoms with Crippen LogP contribution in [0.2, 0.25) is 0 Å². The molecule has 11 rings (SSSR count). The van der Waals surface area contributed by atoms with Crippen LogP contribution in [0.3, 0.4) is 0 Å². The number of benzene rings is 7. The third kappa shape index (κ3) is 4.38. The van der Waals surface area contributed by atoms with Crippen molar-refractivity contribution < 1.29 is 0 Å². The number of hydrogen-bond acceptors (Lipinski definition) is 4. The van der Waals surface area contributed by atoms with Crippen molar-refractivity contribution in [1.29, 1.82) is 0 Å². The SMILES string of the molecule is CC1(C)c2ccccc2-c2c1c1sc3ccccc3c1c1c2c2ccccc2n1-c1ccc(-c2nc(-c3ccccc3)nc(-c3ccccc3)n2)cc1. The number of fused-ring (bicyclic) bond motifs is 12. The van der Waals surface area contributed by atoms with E-state index in [1.807, 2.05) is 72.0 Å². The van der Waals surface area contributed by atoms with Gasteiger partial charge in [0.25, 0.3) is 0 Å². The van der Waals surface area contributed by atoms with Crippen LogP contribution in [0.4, 0.5) is 0 Å². The van der Waals surface area contributed by atoms with Crippen molar-refractivity contribution in [1.82, 2.24) is 19.5 Å². The Morgan fingerprint density at radius 2 is 1.06 bits per heavy atom. The highest BCUT2D eigenvalue weighted by molar-refractivity contribution is 7.26. The lowest BCUT2D eigenvalue weighted by atomic mass is 9.81. The minimum Gasteiger partial charge on any atom is -0.309 e. The van der Waals surface area contributed by atoms with Gasteiger partial charge in [-0.3, -0.25) is 0 Å². The van der Waals surface area contributed by atoms with Gasteiger partial charge in [0, 0.05) is 58.7 Å². The summed E-state index contributed by atoms with van der Waals surface area (Å²) in [7, 11) is 0. The first-order chi connectivity index (χ1) is 26.1. The van der Waals surface area contributed by atoms with E-state index in [0.717, 1.165) is 22.4 Å². The molecule has 10 aromatic rings. The second-order valence-electron chi connectivity index (χ2n) is 14.4. The topological polar surface area (TPSA) is 43.6 Å². The van der Waals surface area contributed by atoms with E-state index >= 15 is 0 Å². The van der Waals surface area contributed by atoms with Crippen LogP contribution < -0.4 is 0 Å². The molecule has 53 heavy (non-hydrogen) atoms. The van der Waals surface area contributed by atoms with Crippen LogP contribution in [0.5, 0.6) is 0 Å². The summed E-state index contributed by atoms with van der Waals surface area (Å²) in [6.07, 6.45) is 0. The zero-order valence-corrected chi connectivity index (χ0v) is 30.0. The molecule has 1 aliphatic rings. The fraction of sp³-hybridized carbons (Fsp3) is 0.0625. The zero-order valence-electron chi connectivity index (χ0n) is 29.2. The summed E-state index contributed by atoms with van der Waals surface area (Å²) < 4.78 is 5.18. The maximum Gasteiger partial charge on any atom is 0.164 e. The number of rotatable bonds is 4. The predicted molar refractivity (Wildman–Crippen MR) is 221 cm³/mol. The van der Waals surface area contributed by atoms with Crippen molar-refractivity contribution in [2.24, 2.45) is 0 Å². The standard InChI is InChI=1S/C48H32N4S/c1-48(2)36-22-12-9-19-33(36)39-40-34-20-10-13-23-37(34)52(43(40)41-35-21-11-14-24-38(35)53-44(41)42(39)48)32-27-25-31(26-28-32)47-50-45(29-15-5-3-6-16-29)49-46(51-47)30-17-7-4-8-18-30/h3-28H,1-2H3. The molecule has 3 aromatic heterocycles. The maximum atomic E-state index is 5.01. The first-order valence-corrected chi connectivity index (χ1v) is 18.9. The Kier molecular flexibility index (Phi) is 6.43. The smallest absolute Gasteiger partial charge is 0.164 e. The van der Waals surface area contributed by atoms with E-state index in [9.17, 15) is 0 Å². The molecule has 0 bridgehead atoms. The normalized spacial score (nSPS) is 13.2. The molecule has 4 nitrogen and oxygen atoms in total. The lowest BCUT2D eigenvalue weighted by Gasteiger charge is -2.22. The Bertz CT molecular complexity index is 3010. The summed E-state index contributed by atoms with van der Waals surface area (Å²) in [5.41, 5.74) is 11.8. The molecule has 0 spiro atoms. The molecule has 0 atom stereocenters. The van der Waals surface area contributed by atoms with E-state index in [1.54, 1.807) is 0 Å². The molecule has 0 unspecified atom stereocenters. The number of nitrogens with zero attached hydrogens (tertiary/aromatic N) is 4. The van der Waals surface area contributed by atoms with Crippen LogP contribution in [-0.2, 0) is 5.41 Å². The third-order valence-electron chi connectivity index (χ3n) is 11.0. The molecule has 0 amide bonds. The van der Waals surface area contributed by atoms with Gasteiger partial charge < -0.3 is 4.57 Å². The van der Waals surface area contributed by atoms with Crippen molar-refractivity contribution in [2.75, 3.05) is 0 Å². The van der Waals surface area contributed by atoms with Gasteiger partial charge in [-0.1, -0.05) is 135 Å². The highest BCUT2D eigenvalue weighted by atomic mass is 32.1. The van der Waals surface area contributed by atoms with Crippen molar-refractivity contribution in [2.45, 2.75) is 19.3 Å². The highest BCUT2D eigenvalue weighted by Crippen LogP contribution is 2.58. The second-order valence-corrected chi connectivity index (χ2v) is 15.4. The van der Waals surface area contributed by atoms with E-state index in [2.05, 4.69) is 115 Å². The van der Waals surface area contributed by atoms with Crippen LogP contribution in [0.15, 0.2) is 158 Å². The van der Waals surface area contributed by atoms with Crippen LogP contribution in [-0.4, -0.2) is 19.5 Å². The Morgan fingerprint density at radius 1 is 0.509 bits per heavy atom. The van der Waals surface area contributed by atoms with Crippen LogP contribution in [0.1, 0.15) is 25.0 Å². The molecule has 7 aromatic carbocycles. The quantitative estimate of drug-likeness (QED) is 0.184. The molecule has 0 fully saturated rings. The van der Waals surface area contributed by atoms with Gasteiger partial charge >= 0.3 is 0 Å². The molecular weight excluding hydrogens is 665 g/mol. The van der Waals surface area contributed by atoms with Gasteiger partial charge in [0.05, 0.1) is 11.0 Å². The minimum absolute atomic E-state index is 0.133. The van der Waals surface area contributed by atoms with Crippen LogP contribution in [0.25, 0.3) is 93.0 Å². The molecule has 0 saturated carbocycles. The molecule has 0 N–H and O–H groups in total. The molecule has 0 saturated heterocycles. The van der Waals surface area contributed by atoms with Gasteiger partial charge in [0.15, 0.2) is 17.5 Å². The molecule has 0 radical (unpaired) electrons. The van der Waals surface area contributed by atoms with E-state index in [-0.39, 0.29) is 5.41 Å². The molecule has 3 heterocycles. The number of thiophene rings is 1. The van der Waals surface area contributed by atoms with Crippen LogP contribution >= 0.6 is 11.3 Å². The van der Waals surface area contributed by atoms with E-state index in [4.69, 9.17) is 15.0 Å². The average Bonchev–Trinajstić information content (AvgIpc) is 3.84. The Morgan fingerprint density at radius 3 is 1.74 bits per heavy atom. The van der Waals surface area contributed by atoms with Gasteiger partial charge in [-0.25, -0.2) is 15.0 Å². The Balaban J connectivity index is 1.18. The summed E-state index contributed by atoms with van der Waals surface area (Å²) in [5, 5.41) is 5.23. The first-order valence-electron chi connectivity index (χ1n) is 18.0. The van der Waals surface area contributed by atoms with Crippen molar-refractivity contribution in [3.8, 4) is 51.0 Å². The fourth-order valence-corrected chi connectivity index (χ4v) is 10.1. The predicted octanol–water partition coefficient (Wildman–Crippen LogP) is 12.6. The molecule has 5 heteroatoms. The Hall–Kier alpha value is -6.43.